The smallest absolute Gasteiger partial charge is 0.236 e. The molecule has 0 unspecified atom stereocenters. The molecule has 0 aliphatic heterocycles. The zero-order valence-corrected chi connectivity index (χ0v) is 11.8. The lowest BCUT2D eigenvalue weighted by Crippen LogP contribution is -2.10. The van der Waals surface area contributed by atoms with Gasteiger partial charge in [0.15, 0.2) is 5.15 Å². The van der Waals surface area contributed by atoms with E-state index in [2.05, 4.69) is 10.2 Å². The van der Waals surface area contributed by atoms with Gasteiger partial charge in [0.05, 0.1) is 6.61 Å². The number of rotatable bonds is 8. The molecule has 0 radical (unpaired) electrons. The molecule has 0 bridgehead atoms. The van der Waals surface area contributed by atoms with Crippen LogP contribution in [0.5, 0.6) is 5.88 Å². The molecule has 0 aliphatic carbocycles. The predicted molar refractivity (Wildman–Crippen MR) is 69.3 cm³/mol. The minimum atomic E-state index is 0.413. The molecule has 18 heavy (non-hydrogen) atoms. The maximum absolute atomic E-state index is 5.85. The number of hydrogen-bond acceptors (Lipinski definition) is 5. The molecule has 102 valence electrons. The van der Waals surface area contributed by atoms with Gasteiger partial charge in [-0.2, -0.15) is 0 Å². The van der Waals surface area contributed by atoms with Gasteiger partial charge in [0.25, 0.3) is 0 Å². The lowest BCUT2D eigenvalue weighted by molar-refractivity contribution is 0.0791. The molecule has 0 amide bonds. The normalized spacial score (nSPS) is 10.7. The summed E-state index contributed by atoms with van der Waals surface area (Å²) in [6.45, 7) is 6.14. The van der Waals surface area contributed by atoms with Crippen molar-refractivity contribution in [1.29, 1.82) is 0 Å². The molecule has 1 heterocycles. The lowest BCUT2D eigenvalue weighted by Gasteiger charge is -2.09. The van der Waals surface area contributed by atoms with Crippen LogP contribution < -0.4 is 4.74 Å². The van der Waals surface area contributed by atoms with Crippen molar-refractivity contribution in [3.05, 3.63) is 16.3 Å². The number of ether oxygens (including phenoxy) is 3. The predicted octanol–water partition coefficient (Wildman–Crippen LogP) is 2.18. The Morgan fingerprint density at radius 1 is 1.00 bits per heavy atom. The van der Waals surface area contributed by atoms with Crippen molar-refractivity contribution in [3.63, 3.8) is 0 Å². The summed E-state index contributed by atoms with van der Waals surface area (Å²) >= 11 is 5.85. The third-order valence-electron chi connectivity index (χ3n) is 2.52. The summed E-state index contributed by atoms with van der Waals surface area (Å²) in [5, 5.41) is 8.13. The van der Waals surface area contributed by atoms with E-state index in [-0.39, 0.29) is 0 Å². The Bertz CT molecular complexity index is 375. The summed E-state index contributed by atoms with van der Waals surface area (Å²) in [5.41, 5.74) is 1.80. The second-order valence-corrected chi connectivity index (χ2v) is 4.21. The maximum atomic E-state index is 5.85. The Labute approximate surface area is 112 Å². The van der Waals surface area contributed by atoms with Crippen molar-refractivity contribution in [2.75, 3.05) is 33.5 Å². The third-order valence-corrected chi connectivity index (χ3v) is 2.88. The van der Waals surface area contributed by atoms with E-state index in [1.54, 1.807) is 7.11 Å². The third kappa shape index (κ3) is 4.76. The minimum Gasteiger partial charge on any atom is -0.474 e. The minimum absolute atomic E-state index is 0.413. The second kappa shape index (κ2) is 8.24. The van der Waals surface area contributed by atoms with Crippen molar-refractivity contribution in [1.82, 2.24) is 10.2 Å². The van der Waals surface area contributed by atoms with Crippen LogP contribution in [0.25, 0.3) is 0 Å². The first kappa shape index (κ1) is 15.1. The van der Waals surface area contributed by atoms with Gasteiger partial charge >= 0.3 is 0 Å². The van der Waals surface area contributed by atoms with Crippen LogP contribution in [0, 0.1) is 13.8 Å². The molecule has 6 heteroatoms. The topological polar surface area (TPSA) is 53.5 Å². The van der Waals surface area contributed by atoms with Crippen LogP contribution in [-0.2, 0) is 9.47 Å². The molecule has 0 atom stereocenters. The van der Waals surface area contributed by atoms with E-state index in [1.807, 2.05) is 13.8 Å². The highest BCUT2D eigenvalue weighted by atomic mass is 35.5. The van der Waals surface area contributed by atoms with E-state index >= 15 is 0 Å². The SMILES string of the molecule is COCCCOCCOc1nnc(Cl)c(C)c1C. The van der Waals surface area contributed by atoms with Gasteiger partial charge in [-0.15, -0.1) is 10.2 Å². The number of nitrogens with zero attached hydrogens (tertiary/aromatic N) is 2. The molecule has 5 nitrogen and oxygen atoms in total. The zero-order valence-electron chi connectivity index (χ0n) is 11.0. The number of methoxy groups -OCH3 is 1. The average molecular weight is 275 g/mol. The maximum Gasteiger partial charge on any atom is 0.236 e. The Morgan fingerprint density at radius 3 is 2.50 bits per heavy atom. The highest BCUT2D eigenvalue weighted by molar-refractivity contribution is 6.30. The molecular weight excluding hydrogens is 256 g/mol. The average Bonchev–Trinajstić information content (AvgIpc) is 2.37. The summed E-state index contributed by atoms with van der Waals surface area (Å²) < 4.78 is 15.8. The second-order valence-electron chi connectivity index (χ2n) is 3.85. The molecule has 0 aliphatic rings. The van der Waals surface area contributed by atoms with E-state index in [9.17, 15) is 0 Å². The van der Waals surface area contributed by atoms with Crippen LogP contribution in [-0.4, -0.2) is 43.7 Å². The van der Waals surface area contributed by atoms with Crippen molar-refractivity contribution < 1.29 is 14.2 Å². The summed E-state index contributed by atoms with van der Waals surface area (Å²) in [6.07, 6.45) is 0.884. The molecule has 1 aromatic rings. The van der Waals surface area contributed by atoms with E-state index in [1.165, 1.54) is 0 Å². The van der Waals surface area contributed by atoms with Crippen LogP contribution in [0.15, 0.2) is 0 Å². The van der Waals surface area contributed by atoms with E-state index < -0.39 is 0 Å². The first-order valence-corrected chi connectivity index (χ1v) is 6.23. The first-order chi connectivity index (χ1) is 8.66. The van der Waals surface area contributed by atoms with Crippen LogP contribution in [0.4, 0.5) is 0 Å². The quantitative estimate of drug-likeness (QED) is 0.680. The van der Waals surface area contributed by atoms with Gasteiger partial charge in [0.2, 0.25) is 5.88 Å². The molecule has 0 N–H and O–H groups in total. The fourth-order valence-corrected chi connectivity index (χ4v) is 1.48. The molecule has 0 spiro atoms. The van der Waals surface area contributed by atoms with Gasteiger partial charge in [-0.05, 0) is 25.8 Å². The molecule has 1 rings (SSSR count). The van der Waals surface area contributed by atoms with Gasteiger partial charge in [0, 0.05) is 25.9 Å². The van der Waals surface area contributed by atoms with E-state index in [0.717, 1.165) is 17.5 Å². The monoisotopic (exact) mass is 274 g/mol. The van der Waals surface area contributed by atoms with Gasteiger partial charge in [-0.1, -0.05) is 11.6 Å². The molecule has 0 aromatic carbocycles. The Hall–Kier alpha value is -0.910. The van der Waals surface area contributed by atoms with Crippen LogP contribution in [0.2, 0.25) is 5.15 Å². The molecule has 0 saturated carbocycles. The standard InChI is InChI=1S/C12H19ClN2O3/c1-9-10(2)12(15-14-11(9)13)18-8-7-17-6-4-5-16-3/h4-8H2,1-3H3. The summed E-state index contributed by atoms with van der Waals surface area (Å²) in [6, 6.07) is 0. The zero-order chi connectivity index (χ0) is 13.4. The largest absolute Gasteiger partial charge is 0.474 e. The highest BCUT2D eigenvalue weighted by Gasteiger charge is 2.08. The molecular formula is C12H19ClN2O3. The number of hydrogen-bond donors (Lipinski definition) is 0. The Balaban J connectivity index is 2.25. The summed E-state index contributed by atoms with van der Waals surface area (Å²) in [5.74, 6) is 0.511. The molecule has 1 aromatic heterocycles. The van der Waals surface area contributed by atoms with Gasteiger partial charge < -0.3 is 14.2 Å². The number of aromatic nitrogens is 2. The van der Waals surface area contributed by atoms with E-state index in [0.29, 0.717) is 37.5 Å². The van der Waals surface area contributed by atoms with Crippen molar-refractivity contribution in [3.8, 4) is 5.88 Å². The van der Waals surface area contributed by atoms with Gasteiger partial charge in [0.1, 0.15) is 6.61 Å². The highest BCUT2D eigenvalue weighted by Crippen LogP contribution is 2.21. The van der Waals surface area contributed by atoms with Crippen LogP contribution in [0.3, 0.4) is 0 Å². The fourth-order valence-electron chi connectivity index (χ4n) is 1.30. The Morgan fingerprint density at radius 2 is 1.78 bits per heavy atom. The molecule has 0 saturated heterocycles. The van der Waals surface area contributed by atoms with Crippen LogP contribution in [0.1, 0.15) is 17.5 Å². The first-order valence-electron chi connectivity index (χ1n) is 5.85. The fraction of sp³-hybridized carbons (Fsp3) is 0.667. The molecule has 0 fully saturated rings. The van der Waals surface area contributed by atoms with Gasteiger partial charge in [-0.3, -0.25) is 0 Å². The summed E-state index contributed by atoms with van der Waals surface area (Å²) in [4.78, 5) is 0. The van der Waals surface area contributed by atoms with Gasteiger partial charge in [-0.25, -0.2) is 0 Å². The van der Waals surface area contributed by atoms with Crippen LogP contribution >= 0.6 is 11.6 Å². The van der Waals surface area contributed by atoms with Crippen molar-refractivity contribution >= 4 is 11.6 Å². The van der Waals surface area contributed by atoms with E-state index in [4.69, 9.17) is 25.8 Å². The van der Waals surface area contributed by atoms with Crippen molar-refractivity contribution in [2.45, 2.75) is 20.3 Å². The summed E-state index contributed by atoms with van der Waals surface area (Å²) in [7, 11) is 1.67. The number of halogens is 1. The van der Waals surface area contributed by atoms with Crippen molar-refractivity contribution in [2.24, 2.45) is 0 Å². The Kier molecular flexibility index (Phi) is 6.93. The lowest BCUT2D eigenvalue weighted by atomic mass is 10.2.